The number of fused-ring (bicyclic) bond motifs is 1. The Kier molecular flexibility index (Phi) is 6.86. The maximum absolute atomic E-state index is 13.4. The van der Waals surface area contributed by atoms with Crippen molar-refractivity contribution in [3.63, 3.8) is 0 Å². The Bertz CT molecular complexity index is 861. The molecule has 0 unspecified atom stereocenters. The van der Waals surface area contributed by atoms with Crippen LogP contribution in [0, 0.1) is 11.8 Å². The predicted molar refractivity (Wildman–Crippen MR) is 121 cm³/mol. The van der Waals surface area contributed by atoms with Crippen LogP contribution < -0.4 is 0 Å². The highest BCUT2D eigenvalue weighted by Gasteiger charge is 2.35. The molecule has 0 saturated carbocycles. The second kappa shape index (κ2) is 9.63. The molecule has 0 atom stereocenters. The molecule has 2 fully saturated rings. The molecule has 8 heteroatoms. The first-order valence-electron chi connectivity index (χ1n) is 12.3. The van der Waals surface area contributed by atoms with Gasteiger partial charge in [-0.2, -0.15) is 5.10 Å². The molecule has 1 aromatic rings. The Hall–Kier alpha value is -2.38. The minimum atomic E-state index is -0.0682. The van der Waals surface area contributed by atoms with E-state index in [4.69, 9.17) is 0 Å². The third-order valence-electron chi connectivity index (χ3n) is 7.30. The fourth-order valence-corrected chi connectivity index (χ4v) is 5.35. The van der Waals surface area contributed by atoms with Crippen molar-refractivity contribution in [3.8, 4) is 0 Å². The van der Waals surface area contributed by atoms with Crippen LogP contribution in [-0.2, 0) is 29.6 Å². The molecule has 0 aliphatic carbocycles. The molecule has 0 spiro atoms. The summed E-state index contributed by atoms with van der Waals surface area (Å²) in [4.78, 5) is 44.6. The third-order valence-corrected chi connectivity index (χ3v) is 7.30. The molecule has 0 N–H and O–H groups in total. The van der Waals surface area contributed by atoms with Gasteiger partial charge in [-0.15, -0.1) is 0 Å². The van der Waals surface area contributed by atoms with Gasteiger partial charge in [0.2, 0.25) is 11.8 Å². The number of likely N-dealkylation sites (tertiary alicyclic amines) is 2. The van der Waals surface area contributed by atoms with Crippen LogP contribution in [0.2, 0.25) is 0 Å². The van der Waals surface area contributed by atoms with Gasteiger partial charge in [-0.05, 0) is 25.7 Å². The molecule has 0 radical (unpaired) electrons. The molecule has 3 aliphatic rings. The summed E-state index contributed by atoms with van der Waals surface area (Å²) >= 11 is 0. The van der Waals surface area contributed by atoms with Crippen molar-refractivity contribution >= 4 is 17.7 Å². The van der Waals surface area contributed by atoms with Crippen molar-refractivity contribution in [1.82, 2.24) is 24.5 Å². The first kappa shape index (κ1) is 22.8. The third kappa shape index (κ3) is 4.55. The first-order chi connectivity index (χ1) is 15.4. The minimum absolute atomic E-state index is 0.0222. The lowest BCUT2D eigenvalue weighted by atomic mass is 9.94. The SMILES string of the molecule is CC(C)C(=O)N1CCc2c(c(C(=O)N3CCC(C(=O)N4CCCCCC4)CC3)nn2C)C1. The van der Waals surface area contributed by atoms with Gasteiger partial charge in [-0.3, -0.25) is 19.1 Å². The van der Waals surface area contributed by atoms with E-state index in [0.29, 0.717) is 44.7 Å². The Morgan fingerprint density at radius 1 is 0.875 bits per heavy atom. The molecule has 0 aromatic carbocycles. The Labute approximate surface area is 190 Å². The Morgan fingerprint density at radius 2 is 1.53 bits per heavy atom. The fraction of sp³-hybridized carbons (Fsp3) is 0.750. The Balaban J connectivity index is 1.41. The predicted octanol–water partition coefficient (Wildman–Crippen LogP) is 2.22. The summed E-state index contributed by atoms with van der Waals surface area (Å²) < 4.78 is 1.80. The van der Waals surface area contributed by atoms with Gasteiger partial charge in [-0.1, -0.05) is 26.7 Å². The highest BCUT2D eigenvalue weighted by molar-refractivity contribution is 5.94. The Morgan fingerprint density at radius 3 is 2.16 bits per heavy atom. The average Bonchev–Trinajstić information content (AvgIpc) is 2.97. The number of carbonyl (C=O) groups excluding carboxylic acids is 3. The maximum Gasteiger partial charge on any atom is 0.274 e. The van der Waals surface area contributed by atoms with Crippen molar-refractivity contribution < 1.29 is 14.4 Å². The average molecular weight is 444 g/mol. The molecule has 1 aromatic heterocycles. The number of hydrogen-bond acceptors (Lipinski definition) is 4. The van der Waals surface area contributed by atoms with Crippen LogP contribution in [0.25, 0.3) is 0 Å². The second-order valence-corrected chi connectivity index (χ2v) is 9.87. The molecule has 32 heavy (non-hydrogen) atoms. The lowest BCUT2D eigenvalue weighted by Gasteiger charge is -2.34. The lowest BCUT2D eigenvalue weighted by Crippen LogP contribution is -2.45. The largest absolute Gasteiger partial charge is 0.342 e. The van der Waals surface area contributed by atoms with Crippen LogP contribution in [0.3, 0.4) is 0 Å². The van der Waals surface area contributed by atoms with E-state index in [1.165, 1.54) is 12.8 Å². The number of carbonyl (C=O) groups is 3. The van der Waals surface area contributed by atoms with Gasteiger partial charge in [0, 0.05) is 75.8 Å². The van der Waals surface area contributed by atoms with E-state index in [1.54, 1.807) is 4.68 Å². The van der Waals surface area contributed by atoms with Crippen LogP contribution in [0.4, 0.5) is 0 Å². The van der Waals surface area contributed by atoms with Crippen LogP contribution in [0.15, 0.2) is 0 Å². The van der Waals surface area contributed by atoms with Gasteiger partial charge in [-0.25, -0.2) is 0 Å². The highest BCUT2D eigenvalue weighted by Crippen LogP contribution is 2.27. The van der Waals surface area contributed by atoms with E-state index in [9.17, 15) is 14.4 Å². The van der Waals surface area contributed by atoms with E-state index in [1.807, 2.05) is 35.6 Å². The van der Waals surface area contributed by atoms with Crippen molar-refractivity contribution in [2.75, 3.05) is 32.7 Å². The van der Waals surface area contributed by atoms with Crippen molar-refractivity contribution in [2.45, 2.75) is 65.3 Å². The van der Waals surface area contributed by atoms with E-state index in [-0.39, 0.29) is 29.6 Å². The van der Waals surface area contributed by atoms with E-state index < -0.39 is 0 Å². The molecule has 0 bridgehead atoms. The molecular weight excluding hydrogens is 406 g/mol. The molecule has 2 saturated heterocycles. The first-order valence-corrected chi connectivity index (χ1v) is 12.3. The summed E-state index contributed by atoms with van der Waals surface area (Å²) in [7, 11) is 1.88. The smallest absolute Gasteiger partial charge is 0.274 e. The van der Waals surface area contributed by atoms with E-state index >= 15 is 0 Å². The lowest BCUT2D eigenvalue weighted by molar-refractivity contribution is -0.137. The van der Waals surface area contributed by atoms with Crippen LogP contribution in [0.1, 0.15) is 74.1 Å². The number of amides is 3. The number of hydrogen-bond donors (Lipinski definition) is 0. The number of aryl methyl sites for hydroxylation is 1. The van der Waals surface area contributed by atoms with Crippen LogP contribution >= 0.6 is 0 Å². The monoisotopic (exact) mass is 443 g/mol. The van der Waals surface area contributed by atoms with Gasteiger partial charge in [0.25, 0.3) is 5.91 Å². The van der Waals surface area contributed by atoms with Gasteiger partial charge in [0.1, 0.15) is 0 Å². The zero-order valence-corrected chi connectivity index (χ0v) is 19.8. The fourth-order valence-electron chi connectivity index (χ4n) is 5.35. The zero-order valence-electron chi connectivity index (χ0n) is 19.8. The zero-order chi connectivity index (χ0) is 22.8. The normalized spacial score (nSPS) is 20.3. The number of piperidine rings is 1. The summed E-state index contributed by atoms with van der Waals surface area (Å²) in [5, 5.41) is 4.56. The summed E-state index contributed by atoms with van der Waals surface area (Å²) in [6, 6.07) is 0. The standard InChI is InChI=1S/C24H37N5O3/c1-17(2)22(30)29-15-10-20-19(16-29)21(25-26(20)3)24(32)28-13-8-18(9-14-28)23(31)27-11-6-4-5-7-12-27/h17-18H,4-16H2,1-3H3. The molecule has 4 heterocycles. The number of aromatic nitrogens is 2. The van der Waals surface area contributed by atoms with Gasteiger partial charge in [0.05, 0.1) is 0 Å². The van der Waals surface area contributed by atoms with Crippen LogP contribution in [0.5, 0.6) is 0 Å². The highest BCUT2D eigenvalue weighted by atomic mass is 16.2. The van der Waals surface area contributed by atoms with Crippen molar-refractivity contribution in [1.29, 1.82) is 0 Å². The molecule has 4 rings (SSSR count). The molecule has 3 amide bonds. The quantitative estimate of drug-likeness (QED) is 0.718. The molecule has 3 aliphatic heterocycles. The van der Waals surface area contributed by atoms with E-state index in [0.717, 1.165) is 43.6 Å². The summed E-state index contributed by atoms with van der Waals surface area (Å²) in [5.74, 6) is 0.284. The molecule has 176 valence electrons. The van der Waals surface area contributed by atoms with Gasteiger partial charge >= 0.3 is 0 Å². The summed E-state index contributed by atoms with van der Waals surface area (Å²) in [6.45, 7) is 7.86. The van der Waals surface area contributed by atoms with Crippen LogP contribution in [-0.4, -0.2) is 74.9 Å². The van der Waals surface area contributed by atoms with Crippen molar-refractivity contribution in [3.05, 3.63) is 17.0 Å². The number of rotatable bonds is 3. The molecular formula is C24H37N5O3. The minimum Gasteiger partial charge on any atom is -0.342 e. The van der Waals surface area contributed by atoms with Gasteiger partial charge in [0.15, 0.2) is 5.69 Å². The van der Waals surface area contributed by atoms with Gasteiger partial charge < -0.3 is 14.7 Å². The van der Waals surface area contributed by atoms with E-state index in [2.05, 4.69) is 5.10 Å². The topological polar surface area (TPSA) is 78.8 Å². The second-order valence-electron chi connectivity index (χ2n) is 9.87. The van der Waals surface area contributed by atoms with Crippen molar-refractivity contribution in [2.24, 2.45) is 18.9 Å². The maximum atomic E-state index is 13.4. The summed E-state index contributed by atoms with van der Waals surface area (Å²) in [6.07, 6.45) is 6.78. The molecule has 8 nitrogen and oxygen atoms in total. The summed E-state index contributed by atoms with van der Waals surface area (Å²) in [5.41, 5.74) is 2.41. The number of nitrogens with zero attached hydrogens (tertiary/aromatic N) is 5.